The van der Waals surface area contributed by atoms with Gasteiger partial charge in [-0.1, -0.05) is 42.5 Å². The SMILES string of the molecule is O=C(NCc1ccc(Oc2ccc(F)cc2)cc1)c1c(-c2ccc3sc4ccccc4c3c2)nc2ccccn12. The first-order chi connectivity index (χ1) is 19.6. The standard InChI is InChI=1S/C33H22FN3O2S/c34-23-11-15-25(16-12-23)39-24-13-8-21(9-14-24)20-35-33(38)32-31(36-30-7-3-4-18-37(30)32)22-10-17-29-27(19-22)26-5-1-2-6-28(26)40-29/h1-19H,20H2,(H,35,38). The average molecular weight is 544 g/mol. The molecule has 0 atom stereocenters. The highest BCUT2D eigenvalue weighted by Gasteiger charge is 2.21. The first-order valence-electron chi connectivity index (χ1n) is 12.8. The van der Waals surface area contributed by atoms with Crippen molar-refractivity contribution in [3.63, 3.8) is 0 Å². The number of amides is 1. The number of carbonyl (C=O) groups is 1. The zero-order chi connectivity index (χ0) is 27.1. The predicted molar refractivity (Wildman–Crippen MR) is 158 cm³/mol. The number of halogens is 1. The highest BCUT2D eigenvalue weighted by Crippen LogP contribution is 2.37. The Balaban J connectivity index is 1.16. The molecule has 4 aromatic carbocycles. The highest BCUT2D eigenvalue weighted by atomic mass is 32.1. The second-order valence-electron chi connectivity index (χ2n) is 9.43. The summed E-state index contributed by atoms with van der Waals surface area (Å²) in [6.45, 7) is 0.337. The van der Waals surface area contributed by atoms with Crippen molar-refractivity contribution in [3.05, 3.63) is 132 Å². The lowest BCUT2D eigenvalue weighted by atomic mass is 10.1. The Labute approximate surface area is 233 Å². The smallest absolute Gasteiger partial charge is 0.270 e. The van der Waals surface area contributed by atoms with Gasteiger partial charge in [-0.05, 0) is 72.3 Å². The number of aromatic nitrogens is 2. The third kappa shape index (κ3) is 4.46. The largest absolute Gasteiger partial charge is 0.457 e. The minimum atomic E-state index is -0.312. The number of ether oxygens (including phenoxy) is 1. The number of imidazole rings is 1. The number of carbonyl (C=O) groups excluding carboxylic acids is 1. The molecule has 0 aliphatic carbocycles. The third-order valence-electron chi connectivity index (χ3n) is 6.82. The maximum absolute atomic E-state index is 13.6. The van der Waals surface area contributed by atoms with E-state index in [1.165, 1.54) is 26.9 Å². The molecule has 40 heavy (non-hydrogen) atoms. The summed E-state index contributed by atoms with van der Waals surface area (Å²) in [6, 6.07) is 33.6. The minimum Gasteiger partial charge on any atom is -0.457 e. The van der Waals surface area contributed by atoms with Crippen LogP contribution in [0.2, 0.25) is 0 Å². The van der Waals surface area contributed by atoms with E-state index in [0.717, 1.165) is 16.5 Å². The lowest BCUT2D eigenvalue weighted by Crippen LogP contribution is -2.24. The summed E-state index contributed by atoms with van der Waals surface area (Å²) in [4.78, 5) is 18.5. The number of rotatable bonds is 6. The Kier molecular flexibility index (Phi) is 5.98. The van der Waals surface area contributed by atoms with Crippen LogP contribution >= 0.6 is 11.3 Å². The van der Waals surface area contributed by atoms with Gasteiger partial charge in [-0.25, -0.2) is 9.37 Å². The van der Waals surface area contributed by atoms with Crippen LogP contribution in [0.3, 0.4) is 0 Å². The molecule has 1 amide bonds. The van der Waals surface area contributed by atoms with Crippen LogP contribution in [-0.4, -0.2) is 15.3 Å². The molecule has 0 saturated carbocycles. The lowest BCUT2D eigenvalue weighted by molar-refractivity contribution is 0.0945. The number of fused-ring (bicyclic) bond motifs is 4. The number of thiophene rings is 1. The Hall–Kier alpha value is -5.01. The molecule has 5 nitrogen and oxygen atoms in total. The fourth-order valence-electron chi connectivity index (χ4n) is 4.87. The van der Waals surface area contributed by atoms with Crippen LogP contribution in [0.15, 0.2) is 115 Å². The molecule has 3 aromatic heterocycles. The number of benzene rings is 4. The fourth-order valence-corrected chi connectivity index (χ4v) is 5.95. The van der Waals surface area contributed by atoms with Gasteiger partial charge >= 0.3 is 0 Å². The number of nitrogens with zero attached hydrogens (tertiary/aromatic N) is 2. The van der Waals surface area contributed by atoms with Crippen molar-refractivity contribution in [2.24, 2.45) is 0 Å². The van der Waals surface area contributed by atoms with Gasteiger partial charge in [0.25, 0.3) is 5.91 Å². The molecule has 0 aliphatic rings. The summed E-state index contributed by atoms with van der Waals surface area (Å²) in [6.07, 6.45) is 1.86. The van der Waals surface area contributed by atoms with Crippen molar-refractivity contribution in [3.8, 4) is 22.8 Å². The van der Waals surface area contributed by atoms with Crippen molar-refractivity contribution in [1.82, 2.24) is 14.7 Å². The van der Waals surface area contributed by atoms with Gasteiger partial charge in [0, 0.05) is 38.5 Å². The maximum Gasteiger partial charge on any atom is 0.270 e. The second-order valence-corrected chi connectivity index (χ2v) is 10.5. The Morgan fingerprint density at radius 1 is 0.825 bits per heavy atom. The van der Waals surface area contributed by atoms with Crippen molar-refractivity contribution < 1.29 is 13.9 Å². The van der Waals surface area contributed by atoms with Crippen LogP contribution in [0.25, 0.3) is 37.1 Å². The van der Waals surface area contributed by atoms with E-state index in [-0.39, 0.29) is 11.7 Å². The number of hydrogen-bond acceptors (Lipinski definition) is 4. The highest BCUT2D eigenvalue weighted by molar-refractivity contribution is 7.25. The number of pyridine rings is 1. The molecular formula is C33H22FN3O2S. The van der Waals surface area contributed by atoms with E-state index in [1.807, 2.05) is 65.2 Å². The maximum atomic E-state index is 13.6. The molecule has 0 unspecified atom stereocenters. The molecule has 194 valence electrons. The molecule has 1 N–H and O–H groups in total. The molecule has 0 aliphatic heterocycles. The van der Waals surface area contributed by atoms with E-state index in [2.05, 4.69) is 35.6 Å². The predicted octanol–water partition coefficient (Wildman–Crippen LogP) is 8.23. The molecule has 0 saturated heterocycles. The molecule has 0 fully saturated rings. The summed E-state index contributed by atoms with van der Waals surface area (Å²) in [5, 5.41) is 5.42. The van der Waals surface area contributed by atoms with Gasteiger partial charge in [-0.3, -0.25) is 9.20 Å². The van der Waals surface area contributed by atoms with Gasteiger partial charge in [-0.2, -0.15) is 0 Å². The van der Waals surface area contributed by atoms with Crippen molar-refractivity contribution in [1.29, 1.82) is 0 Å². The van der Waals surface area contributed by atoms with E-state index in [9.17, 15) is 9.18 Å². The van der Waals surface area contributed by atoms with Gasteiger partial charge in [0.15, 0.2) is 0 Å². The van der Waals surface area contributed by atoms with Crippen molar-refractivity contribution in [2.75, 3.05) is 0 Å². The molecular weight excluding hydrogens is 521 g/mol. The van der Waals surface area contributed by atoms with E-state index in [0.29, 0.717) is 35.1 Å². The van der Waals surface area contributed by atoms with Crippen LogP contribution in [0, 0.1) is 5.82 Å². The Bertz CT molecular complexity index is 2010. The van der Waals surface area contributed by atoms with Crippen molar-refractivity contribution >= 4 is 43.1 Å². The zero-order valence-corrected chi connectivity index (χ0v) is 22.0. The average Bonchev–Trinajstić information content (AvgIpc) is 3.56. The van der Waals surface area contributed by atoms with E-state index < -0.39 is 0 Å². The summed E-state index contributed by atoms with van der Waals surface area (Å²) in [5.41, 5.74) is 3.66. The van der Waals surface area contributed by atoms with Crippen molar-refractivity contribution in [2.45, 2.75) is 6.54 Å². The molecule has 3 heterocycles. The van der Waals surface area contributed by atoms with Gasteiger partial charge < -0.3 is 10.1 Å². The monoisotopic (exact) mass is 543 g/mol. The van der Waals surface area contributed by atoms with Crippen LogP contribution in [0.1, 0.15) is 16.1 Å². The molecule has 0 bridgehead atoms. The van der Waals surface area contributed by atoms with Crippen LogP contribution in [0.5, 0.6) is 11.5 Å². The zero-order valence-electron chi connectivity index (χ0n) is 21.2. The van der Waals surface area contributed by atoms with Gasteiger partial charge in [-0.15, -0.1) is 11.3 Å². The van der Waals surface area contributed by atoms with E-state index in [1.54, 1.807) is 23.5 Å². The Morgan fingerprint density at radius 2 is 1.55 bits per heavy atom. The van der Waals surface area contributed by atoms with Gasteiger partial charge in [0.05, 0.1) is 0 Å². The van der Waals surface area contributed by atoms with Crippen LogP contribution in [-0.2, 0) is 6.54 Å². The normalized spacial score (nSPS) is 11.3. The fraction of sp³-hybridized carbons (Fsp3) is 0.0303. The Morgan fingerprint density at radius 3 is 2.38 bits per heavy atom. The molecule has 0 spiro atoms. The number of hydrogen-bond donors (Lipinski definition) is 1. The quantitative estimate of drug-likeness (QED) is 0.230. The lowest BCUT2D eigenvalue weighted by Gasteiger charge is -2.09. The van der Waals surface area contributed by atoms with Crippen LogP contribution < -0.4 is 10.1 Å². The van der Waals surface area contributed by atoms with E-state index in [4.69, 9.17) is 9.72 Å². The second kappa shape index (κ2) is 9.94. The molecule has 0 radical (unpaired) electrons. The number of nitrogens with one attached hydrogen (secondary N) is 1. The first kappa shape index (κ1) is 24.1. The van der Waals surface area contributed by atoms with Gasteiger partial charge in [0.1, 0.15) is 34.4 Å². The molecule has 7 aromatic rings. The molecule has 7 rings (SSSR count). The summed E-state index contributed by atoms with van der Waals surface area (Å²) >= 11 is 1.76. The summed E-state index contributed by atoms with van der Waals surface area (Å²) in [5.74, 6) is 0.655. The topological polar surface area (TPSA) is 55.6 Å². The first-order valence-corrected chi connectivity index (χ1v) is 13.6. The minimum absolute atomic E-state index is 0.212. The van der Waals surface area contributed by atoms with Crippen LogP contribution in [0.4, 0.5) is 4.39 Å². The van der Waals surface area contributed by atoms with Gasteiger partial charge in [0.2, 0.25) is 0 Å². The third-order valence-corrected chi connectivity index (χ3v) is 7.97. The summed E-state index contributed by atoms with van der Waals surface area (Å²) in [7, 11) is 0. The summed E-state index contributed by atoms with van der Waals surface area (Å²) < 4.78 is 23.2. The molecule has 7 heteroatoms. The van der Waals surface area contributed by atoms with E-state index >= 15 is 0 Å².